The van der Waals surface area contributed by atoms with Crippen LogP contribution in [0.5, 0.6) is 0 Å². The summed E-state index contributed by atoms with van der Waals surface area (Å²) in [5.41, 5.74) is 1.64. The number of non-ortho nitro benzene ring substituents is 1. The van der Waals surface area contributed by atoms with Crippen molar-refractivity contribution < 1.29 is 14.5 Å². The highest BCUT2D eigenvalue weighted by molar-refractivity contribution is 5.92. The second-order valence-electron chi connectivity index (χ2n) is 6.57. The molecule has 0 aromatic heterocycles. The van der Waals surface area contributed by atoms with Crippen LogP contribution >= 0.6 is 0 Å². The van der Waals surface area contributed by atoms with Gasteiger partial charge in [-0.25, -0.2) is 0 Å². The van der Waals surface area contributed by atoms with Crippen LogP contribution in [-0.4, -0.2) is 48.6 Å². The Morgan fingerprint density at radius 1 is 1.18 bits per heavy atom. The molecular weight excluding hydrogens is 358 g/mol. The minimum absolute atomic E-state index is 0.00274. The lowest BCUT2D eigenvalue weighted by atomic mass is 10.1. The zero-order chi connectivity index (χ0) is 19.8. The van der Waals surface area contributed by atoms with Crippen molar-refractivity contribution in [2.75, 3.05) is 32.8 Å². The van der Waals surface area contributed by atoms with Crippen LogP contribution in [-0.2, 0) is 9.53 Å². The van der Waals surface area contributed by atoms with E-state index in [1.165, 1.54) is 18.2 Å². The zero-order valence-corrected chi connectivity index (χ0v) is 15.5. The Morgan fingerprint density at radius 2 is 1.93 bits per heavy atom. The highest BCUT2D eigenvalue weighted by Crippen LogP contribution is 2.16. The molecule has 7 heteroatoms. The van der Waals surface area contributed by atoms with E-state index in [2.05, 4.69) is 10.2 Å². The molecule has 7 nitrogen and oxygen atoms in total. The lowest BCUT2D eigenvalue weighted by molar-refractivity contribution is -0.384. The van der Waals surface area contributed by atoms with E-state index in [4.69, 9.17) is 4.74 Å². The number of amides is 1. The van der Waals surface area contributed by atoms with E-state index in [1.807, 2.05) is 30.3 Å². The molecule has 0 radical (unpaired) electrons. The molecule has 1 atom stereocenters. The number of ether oxygens (including phenoxy) is 1. The van der Waals surface area contributed by atoms with Gasteiger partial charge in [-0.1, -0.05) is 42.5 Å². The minimum Gasteiger partial charge on any atom is -0.379 e. The van der Waals surface area contributed by atoms with Crippen LogP contribution < -0.4 is 5.32 Å². The van der Waals surface area contributed by atoms with Gasteiger partial charge in [-0.15, -0.1) is 0 Å². The lowest BCUT2D eigenvalue weighted by Gasteiger charge is -2.31. The SMILES string of the molecule is O=C(/C=C/c1cccc([N+](=O)[O-])c1)NC(CN1CCOCC1)c1ccccc1. The molecule has 0 saturated carbocycles. The normalized spacial score (nSPS) is 16.0. The molecule has 2 aromatic carbocycles. The Bertz CT molecular complexity index is 833. The Morgan fingerprint density at radius 3 is 2.64 bits per heavy atom. The fourth-order valence-electron chi connectivity index (χ4n) is 3.10. The van der Waals surface area contributed by atoms with Gasteiger partial charge in [0.2, 0.25) is 5.91 Å². The van der Waals surface area contributed by atoms with Crippen molar-refractivity contribution in [1.82, 2.24) is 10.2 Å². The molecule has 1 amide bonds. The van der Waals surface area contributed by atoms with Gasteiger partial charge in [0.25, 0.3) is 5.69 Å². The van der Waals surface area contributed by atoms with E-state index in [1.54, 1.807) is 18.2 Å². The average molecular weight is 381 g/mol. The van der Waals surface area contributed by atoms with Crippen molar-refractivity contribution in [1.29, 1.82) is 0 Å². The maximum absolute atomic E-state index is 12.5. The van der Waals surface area contributed by atoms with Crippen LogP contribution in [0.3, 0.4) is 0 Å². The molecule has 1 N–H and O–H groups in total. The summed E-state index contributed by atoms with van der Waals surface area (Å²) >= 11 is 0. The van der Waals surface area contributed by atoms with Gasteiger partial charge < -0.3 is 10.1 Å². The second-order valence-corrected chi connectivity index (χ2v) is 6.57. The van der Waals surface area contributed by atoms with Gasteiger partial charge >= 0.3 is 0 Å². The number of rotatable bonds is 7. The van der Waals surface area contributed by atoms with Crippen molar-refractivity contribution in [3.63, 3.8) is 0 Å². The molecule has 2 aromatic rings. The highest BCUT2D eigenvalue weighted by atomic mass is 16.6. The topological polar surface area (TPSA) is 84.7 Å². The molecule has 0 spiro atoms. The summed E-state index contributed by atoms with van der Waals surface area (Å²) in [7, 11) is 0. The third kappa shape index (κ3) is 5.73. The molecular formula is C21H23N3O4. The summed E-state index contributed by atoms with van der Waals surface area (Å²) in [6.07, 6.45) is 2.99. The van der Waals surface area contributed by atoms with Crippen molar-refractivity contribution >= 4 is 17.7 Å². The van der Waals surface area contributed by atoms with Crippen LogP contribution in [0.15, 0.2) is 60.7 Å². The largest absolute Gasteiger partial charge is 0.379 e. The fourth-order valence-corrected chi connectivity index (χ4v) is 3.10. The smallest absolute Gasteiger partial charge is 0.270 e. The Labute approximate surface area is 163 Å². The molecule has 0 aliphatic carbocycles. The quantitative estimate of drug-likeness (QED) is 0.453. The molecule has 1 saturated heterocycles. The number of nitro benzene ring substituents is 1. The first kappa shape index (κ1) is 19.7. The monoisotopic (exact) mass is 381 g/mol. The molecule has 0 bridgehead atoms. The van der Waals surface area contributed by atoms with E-state index < -0.39 is 4.92 Å². The molecule has 1 aliphatic rings. The number of carbonyl (C=O) groups excluding carboxylic acids is 1. The standard InChI is InChI=1S/C21H23N3O4/c25-21(10-9-17-5-4-8-19(15-17)24(26)27)22-20(18-6-2-1-3-7-18)16-23-11-13-28-14-12-23/h1-10,15,20H,11-14,16H2,(H,22,25)/b10-9+. The van der Waals surface area contributed by atoms with E-state index in [0.29, 0.717) is 25.3 Å². The van der Waals surface area contributed by atoms with E-state index in [9.17, 15) is 14.9 Å². The van der Waals surface area contributed by atoms with Gasteiger partial charge in [0.05, 0.1) is 24.2 Å². The summed E-state index contributed by atoms with van der Waals surface area (Å²) < 4.78 is 5.39. The number of hydrogen-bond donors (Lipinski definition) is 1. The predicted molar refractivity (Wildman–Crippen MR) is 107 cm³/mol. The maximum Gasteiger partial charge on any atom is 0.270 e. The molecule has 1 unspecified atom stereocenters. The van der Waals surface area contributed by atoms with E-state index in [-0.39, 0.29) is 17.6 Å². The number of benzene rings is 2. The number of nitrogens with zero attached hydrogens (tertiary/aromatic N) is 2. The number of hydrogen-bond acceptors (Lipinski definition) is 5. The van der Waals surface area contributed by atoms with Crippen LogP contribution in [0.2, 0.25) is 0 Å². The van der Waals surface area contributed by atoms with Gasteiger partial charge in [0.1, 0.15) is 0 Å². The Hall–Kier alpha value is -3.03. The first-order valence-electron chi connectivity index (χ1n) is 9.20. The van der Waals surface area contributed by atoms with Gasteiger partial charge in [-0.2, -0.15) is 0 Å². The Balaban J connectivity index is 1.68. The highest BCUT2D eigenvalue weighted by Gasteiger charge is 2.19. The molecule has 3 rings (SSSR count). The van der Waals surface area contributed by atoms with Crippen LogP contribution in [0.25, 0.3) is 6.08 Å². The number of morpholine rings is 1. The third-order valence-corrected chi connectivity index (χ3v) is 4.57. The van der Waals surface area contributed by atoms with Crippen molar-refractivity contribution in [2.24, 2.45) is 0 Å². The minimum atomic E-state index is -0.453. The summed E-state index contributed by atoms with van der Waals surface area (Å²) in [5, 5.41) is 13.9. The van der Waals surface area contributed by atoms with Crippen molar-refractivity contribution in [3.05, 3.63) is 81.9 Å². The number of nitrogens with one attached hydrogen (secondary N) is 1. The average Bonchev–Trinajstić information content (AvgIpc) is 2.73. The van der Waals surface area contributed by atoms with Gasteiger partial charge in [-0.05, 0) is 17.2 Å². The van der Waals surface area contributed by atoms with Gasteiger partial charge in [0, 0.05) is 37.8 Å². The van der Waals surface area contributed by atoms with Crippen LogP contribution in [0.1, 0.15) is 17.2 Å². The lowest BCUT2D eigenvalue weighted by Crippen LogP contribution is -2.42. The van der Waals surface area contributed by atoms with Gasteiger partial charge in [0.15, 0.2) is 0 Å². The van der Waals surface area contributed by atoms with Crippen LogP contribution in [0, 0.1) is 10.1 Å². The molecule has 1 fully saturated rings. The molecule has 146 valence electrons. The van der Waals surface area contributed by atoms with E-state index >= 15 is 0 Å². The predicted octanol–water partition coefficient (Wildman–Crippen LogP) is 2.80. The number of carbonyl (C=O) groups is 1. The summed E-state index contributed by atoms with van der Waals surface area (Å²) in [6.45, 7) is 3.76. The van der Waals surface area contributed by atoms with Crippen molar-refractivity contribution in [3.8, 4) is 0 Å². The first-order chi connectivity index (χ1) is 13.6. The number of nitro groups is 1. The molecule has 28 heavy (non-hydrogen) atoms. The molecule has 1 heterocycles. The van der Waals surface area contributed by atoms with Crippen LogP contribution in [0.4, 0.5) is 5.69 Å². The molecule has 1 aliphatic heterocycles. The maximum atomic E-state index is 12.5. The van der Waals surface area contributed by atoms with Gasteiger partial charge in [-0.3, -0.25) is 19.8 Å². The third-order valence-electron chi connectivity index (χ3n) is 4.57. The fraction of sp³-hybridized carbons (Fsp3) is 0.286. The summed E-state index contributed by atoms with van der Waals surface area (Å²) in [5.74, 6) is -0.242. The summed E-state index contributed by atoms with van der Waals surface area (Å²) in [4.78, 5) is 25.2. The summed E-state index contributed by atoms with van der Waals surface area (Å²) in [6, 6.07) is 15.9. The van der Waals surface area contributed by atoms with E-state index in [0.717, 1.165) is 18.7 Å². The Kier molecular flexibility index (Phi) is 6.89. The first-order valence-corrected chi connectivity index (χ1v) is 9.20. The zero-order valence-electron chi connectivity index (χ0n) is 15.5. The second kappa shape index (κ2) is 9.77. The van der Waals surface area contributed by atoms with Crippen molar-refractivity contribution in [2.45, 2.75) is 6.04 Å².